The minimum atomic E-state index is 0.0222. The maximum absolute atomic E-state index is 12.2. The Morgan fingerprint density at radius 1 is 1.04 bits per heavy atom. The molecule has 4 aromatic rings. The van der Waals surface area contributed by atoms with Crippen molar-refractivity contribution < 1.29 is 4.79 Å². The Morgan fingerprint density at radius 2 is 1.82 bits per heavy atom. The van der Waals surface area contributed by atoms with E-state index in [0.29, 0.717) is 0 Å². The summed E-state index contributed by atoms with van der Waals surface area (Å²) < 4.78 is 2.33. The van der Waals surface area contributed by atoms with E-state index in [-0.39, 0.29) is 11.9 Å². The smallest absolute Gasteiger partial charge is 0.261 e. The SMILES string of the molecule is C[C@@H](CCc1cn(Cc2ccccc2)c2ccccc12)NC(=O)c1cccs1. The van der Waals surface area contributed by atoms with Crippen LogP contribution in [0.5, 0.6) is 0 Å². The predicted molar refractivity (Wildman–Crippen MR) is 117 cm³/mol. The van der Waals surface area contributed by atoms with Gasteiger partial charge in [0.2, 0.25) is 0 Å². The van der Waals surface area contributed by atoms with Crippen molar-refractivity contribution in [3.63, 3.8) is 0 Å². The van der Waals surface area contributed by atoms with Gasteiger partial charge in [0.25, 0.3) is 5.91 Å². The number of thiophene rings is 1. The third kappa shape index (κ3) is 4.18. The molecule has 0 aliphatic rings. The summed E-state index contributed by atoms with van der Waals surface area (Å²) in [5.74, 6) is 0.0222. The van der Waals surface area contributed by atoms with Gasteiger partial charge in [-0.2, -0.15) is 0 Å². The topological polar surface area (TPSA) is 34.0 Å². The molecule has 1 N–H and O–H groups in total. The van der Waals surface area contributed by atoms with Gasteiger partial charge >= 0.3 is 0 Å². The van der Waals surface area contributed by atoms with Gasteiger partial charge in [0.1, 0.15) is 0 Å². The second-order valence-electron chi connectivity index (χ2n) is 7.18. The van der Waals surface area contributed by atoms with Crippen LogP contribution < -0.4 is 5.32 Å². The maximum Gasteiger partial charge on any atom is 0.261 e. The second kappa shape index (κ2) is 8.44. The lowest BCUT2D eigenvalue weighted by atomic mass is 10.1. The molecule has 0 aliphatic carbocycles. The van der Waals surface area contributed by atoms with Crippen molar-refractivity contribution in [2.24, 2.45) is 0 Å². The molecule has 0 spiro atoms. The molecular weight excluding hydrogens is 364 g/mol. The lowest BCUT2D eigenvalue weighted by Gasteiger charge is -2.12. The number of amides is 1. The van der Waals surface area contributed by atoms with Gasteiger partial charge in [-0.05, 0) is 48.4 Å². The number of hydrogen-bond acceptors (Lipinski definition) is 2. The van der Waals surface area contributed by atoms with Crippen LogP contribution in [0.15, 0.2) is 78.3 Å². The highest BCUT2D eigenvalue weighted by atomic mass is 32.1. The number of nitrogens with zero attached hydrogens (tertiary/aromatic N) is 1. The number of para-hydroxylation sites is 1. The van der Waals surface area contributed by atoms with Crippen LogP contribution in [0.4, 0.5) is 0 Å². The summed E-state index contributed by atoms with van der Waals surface area (Å²) in [5.41, 5.74) is 3.90. The van der Waals surface area contributed by atoms with Gasteiger partial charge in [-0.1, -0.05) is 54.6 Å². The molecule has 0 unspecified atom stereocenters. The van der Waals surface area contributed by atoms with Crippen molar-refractivity contribution in [1.82, 2.24) is 9.88 Å². The summed E-state index contributed by atoms with van der Waals surface area (Å²) in [5, 5.41) is 6.34. The van der Waals surface area contributed by atoms with Crippen LogP contribution in [0.2, 0.25) is 0 Å². The first kappa shape index (κ1) is 18.5. The van der Waals surface area contributed by atoms with Gasteiger partial charge in [-0.3, -0.25) is 4.79 Å². The number of carbonyl (C=O) groups is 1. The summed E-state index contributed by atoms with van der Waals surface area (Å²) in [6.45, 7) is 2.95. The first-order chi connectivity index (χ1) is 13.7. The number of rotatable bonds is 7. The van der Waals surface area contributed by atoms with E-state index in [4.69, 9.17) is 0 Å². The van der Waals surface area contributed by atoms with Crippen LogP contribution in [0, 0.1) is 0 Å². The fraction of sp³-hybridized carbons (Fsp3) is 0.208. The van der Waals surface area contributed by atoms with Crippen molar-refractivity contribution in [2.45, 2.75) is 32.4 Å². The quantitative estimate of drug-likeness (QED) is 0.445. The van der Waals surface area contributed by atoms with Crippen molar-refractivity contribution in [3.8, 4) is 0 Å². The van der Waals surface area contributed by atoms with E-state index < -0.39 is 0 Å². The number of benzene rings is 2. The van der Waals surface area contributed by atoms with E-state index in [1.54, 1.807) is 0 Å². The molecule has 2 aromatic heterocycles. The highest BCUT2D eigenvalue weighted by Crippen LogP contribution is 2.24. The molecule has 0 aliphatic heterocycles. The van der Waals surface area contributed by atoms with E-state index in [1.807, 2.05) is 17.5 Å². The molecule has 0 saturated carbocycles. The molecule has 0 fully saturated rings. The van der Waals surface area contributed by atoms with Gasteiger partial charge < -0.3 is 9.88 Å². The van der Waals surface area contributed by atoms with E-state index in [2.05, 4.69) is 77.6 Å². The van der Waals surface area contributed by atoms with Gasteiger partial charge in [0.05, 0.1) is 4.88 Å². The summed E-state index contributed by atoms with van der Waals surface area (Å²) in [6.07, 6.45) is 4.12. The monoisotopic (exact) mass is 388 g/mol. The molecule has 28 heavy (non-hydrogen) atoms. The van der Waals surface area contributed by atoms with Crippen LogP contribution in [0.1, 0.15) is 34.1 Å². The maximum atomic E-state index is 12.2. The van der Waals surface area contributed by atoms with Crippen LogP contribution in [-0.4, -0.2) is 16.5 Å². The minimum Gasteiger partial charge on any atom is -0.349 e. The molecule has 2 heterocycles. The van der Waals surface area contributed by atoms with Gasteiger partial charge in [0.15, 0.2) is 0 Å². The lowest BCUT2D eigenvalue weighted by Crippen LogP contribution is -2.32. The van der Waals surface area contributed by atoms with E-state index in [9.17, 15) is 4.79 Å². The van der Waals surface area contributed by atoms with E-state index >= 15 is 0 Å². The number of aryl methyl sites for hydroxylation is 1. The van der Waals surface area contributed by atoms with Gasteiger partial charge in [-0.15, -0.1) is 11.3 Å². The van der Waals surface area contributed by atoms with E-state index in [0.717, 1.165) is 24.3 Å². The summed E-state index contributed by atoms with van der Waals surface area (Å²) >= 11 is 1.48. The van der Waals surface area contributed by atoms with Crippen molar-refractivity contribution in [2.75, 3.05) is 0 Å². The Bertz CT molecular complexity index is 1050. The van der Waals surface area contributed by atoms with Gasteiger partial charge in [0, 0.05) is 29.7 Å². The Kier molecular flexibility index (Phi) is 5.58. The standard InChI is InChI=1S/C24H24N2OS/c1-18(25-24(27)23-12-7-15-28-23)13-14-20-17-26(16-19-8-3-2-4-9-19)22-11-6-5-10-21(20)22/h2-12,15,17-18H,13-14,16H2,1H3,(H,25,27)/t18-/m0/s1. The third-order valence-electron chi connectivity index (χ3n) is 5.04. The number of nitrogens with one attached hydrogen (secondary N) is 1. The van der Waals surface area contributed by atoms with Crippen molar-refractivity contribution >= 4 is 28.1 Å². The number of carbonyl (C=O) groups excluding carboxylic acids is 1. The molecule has 4 rings (SSSR count). The Balaban J connectivity index is 1.47. The molecule has 2 aromatic carbocycles. The predicted octanol–water partition coefficient (Wildman–Crippen LogP) is 5.50. The average molecular weight is 389 g/mol. The zero-order chi connectivity index (χ0) is 19.3. The summed E-state index contributed by atoms with van der Waals surface area (Å²) in [4.78, 5) is 13.0. The van der Waals surface area contributed by atoms with E-state index in [1.165, 1.54) is 33.4 Å². The molecule has 1 atom stereocenters. The Hall–Kier alpha value is -2.85. The molecular formula is C24H24N2OS. The molecule has 142 valence electrons. The summed E-state index contributed by atoms with van der Waals surface area (Å²) in [7, 11) is 0. The molecule has 0 saturated heterocycles. The van der Waals surface area contributed by atoms with Crippen LogP contribution >= 0.6 is 11.3 Å². The zero-order valence-electron chi connectivity index (χ0n) is 16.0. The number of hydrogen-bond donors (Lipinski definition) is 1. The lowest BCUT2D eigenvalue weighted by molar-refractivity contribution is 0.0942. The van der Waals surface area contributed by atoms with Crippen LogP contribution in [0.25, 0.3) is 10.9 Å². The first-order valence-corrected chi connectivity index (χ1v) is 10.5. The highest BCUT2D eigenvalue weighted by molar-refractivity contribution is 7.12. The third-order valence-corrected chi connectivity index (χ3v) is 5.90. The molecule has 3 nitrogen and oxygen atoms in total. The van der Waals surface area contributed by atoms with Crippen LogP contribution in [0.3, 0.4) is 0 Å². The summed E-state index contributed by atoms with van der Waals surface area (Å²) in [6, 6.07) is 23.0. The average Bonchev–Trinajstić information content (AvgIpc) is 3.36. The normalized spacial score (nSPS) is 12.2. The van der Waals surface area contributed by atoms with Crippen molar-refractivity contribution in [1.29, 1.82) is 0 Å². The molecule has 4 heteroatoms. The molecule has 0 bridgehead atoms. The number of aromatic nitrogens is 1. The van der Waals surface area contributed by atoms with Crippen LogP contribution in [-0.2, 0) is 13.0 Å². The first-order valence-electron chi connectivity index (χ1n) is 9.66. The highest BCUT2D eigenvalue weighted by Gasteiger charge is 2.13. The Labute approximate surface area is 169 Å². The Morgan fingerprint density at radius 3 is 2.61 bits per heavy atom. The largest absolute Gasteiger partial charge is 0.349 e. The molecule has 1 amide bonds. The fourth-order valence-electron chi connectivity index (χ4n) is 3.58. The van der Waals surface area contributed by atoms with Crippen molar-refractivity contribution in [3.05, 3.63) is 94.3 Å². The zero-order valence-corrected chi connectivity index (χ0v) is 16.8. The minimum absolute atomic E-state index is 0.0222. The fourth-order valence-corrected chi connectivity index (χ4v) is 4.21. The second-order valence-corrected chi connectivity index (χ2v) is 8.12. The van der Waals surface area contributed by atoms with Gasteiger partial charge in [-0.25, -0.2) is 0 Å². The molecule has 0 radical (unpaired) electrons. The number of fused-ring (bicyclic) bond motifs is 1.